The lowest BCUT2D eigenvalue weighted by molar-refractivity contribution is -0.135. The zero-order valence-corrected chi connectivity index (χ0v) is 21.0. The largest absolute Gasteiger partial charge is 0.465 e. The van der Waals surface area contributed by atoms with Crippen LogP contribution in [0.4, 0.5) is 10.6 Å². The third-order valence-corrected chi connectivity index (χ3v) is 8.23. The van der Waals surface area contributed by atoms with Gasteiger partial charge in [-0.25, -0.2) is 18.2 Å². The Bertz CT molecular complexity index is 1170. The first-order valence-corrected chi connectivity index (χ1v) is 13.8. The van der Waals surface area contributed by atoms with Gasteiger partial charge >= 0.3 is 6.09 Å². The number of hydrogen-bond donors (Lipinski definition) is 2. The number of piperidine rings is 1. The quantitative estimate of drug-likeness (QED) is 0.601. The maximum Gasteiger partial charge on any atom is 0.404 e. The number of rotatable bonds is 6. The van der Waals surface area contributed by atoms with Crippen LogP contribution in [0.1, 0.15) is 24.3 Å². The van der Waals surface area contributed by atoms with Gasteiger partial charge in [-0.2, -0.15) is 0 Å². The molecule has 1 aromatic heterocycles. The van der Waals surface area contributed by atoms with Crippen LogP contribution < -0.4 is 10.2 Å². The van der Waals surface area contributed by atoms with Crippen molar-refractivity contribution in [1.29, 1.82) is 0 Å². The first-order chi connectivity index (χ1) is 16.6. The number of anilines is 1. The highest BCUT2D eigenvalue weighted by Crippen LogP contribution is 2.35. The van der Waals surface area contributed by atoms with Gasteiger partial charge in [-0.1, -0.05) is 23.7 Å². The van der Waals surface area contributed by atoms with E-state index in [-0.39, 0.29) is 35.1 Å². The van der Waals surface area contributed by atoms with E-state index in [0.717, 1.165) is 11.8 Å². The number of carboxylic acid groups (broad SMARTS) is 1. The van der Waals surface area contributed by atoms with Crippen molar-refractivity contribution in [2.24, 2.45) is 11.8 Å². The van der Waals surface area contributed by atoms with Crippen molar-refractivity contribution in [1.82, 2.24) is 15.2 Å². The number of nitrogens with zero attached hydrogens (tertiary/aromatic N) is 3. The van der Waals surface area contributed by atoms with Crippen LogP contribution in [0, 0.1) is 11.8 Å². The third-order valence-electron chi connectivity index (χ3n) is 6.88. The number of carbonyl (C=O) groups is 2. The predicted octanol–water partition coefficient (Wildman–Crippen LogP) is 2.86. The Morgan fingerprint density at radius 2 is 1.80 bits per heavy atom. The molecule has 2 aliphatic rings. The number of aromatic nitrogens is 1. The Kier molecular flexibility index (Phi) is 7.51. The summed E-state index contributed by atoms with van der Waals surface area (Å²) in [6, 6.07) is 10.8. The minimum atomic E-state index is -3.29. The Hall–Kier alpha value is -2.85. The fraction of sp³-hybridized carbons (Fsp3) is 0.458. The van der Waals surface area contributed by atoms with Crippen LogP contribution in [0.3, 0.4) is 0 Å². The number of nitrogens with one attached hydrogen (secondary N) is 1. The van der Waals surface area contributed by atoms with Gasteiger partial charge in [0.1, 0.15) is 5.82 Å². The molecule has 1 aromatic carbocycles. The van der Waals surface area contributed by atoms with Gasteiger partial charge in [0, 0.05) is 68.0 Å². The molecular formula is C24H29ClN4O5S. The maximum absolute atomic E-state index is 13.4. The van der Waals surface area contributed by atoms with E-state index in [9.17, 15) is 18.0 Å². The lowest BCUT2D eigenvalue weighted by Gasteiger charge is -2.34. The molecule has 2 saturated heterocycles. The Morgan fingerprint density at radius 3 is 2.37 bits per heavy atom. The molecule has 35 heavy (non-hydrogen) atoms. The highest BCUT2D eigenvalue weighted by molar-refractivity contribution is 7.90. The number of amides is 2. The fourth-order valence-corrected chi connectivity index (χ4v) is 5.64. The number of sulfone groups is 1. The molecule has 11 heteroatoms. The minimum absolute atomic E-state index is 0.0196. The van der Waals surface area contributed by atoms with E-state index in [0.29, 0.717) is 49.9 Å². The highest BCUT2D eigenvalue weighted by Gasteiger charge is 2.39. The summed E-state index contributed by atoms with van der Waals surface area (Å²) >= 11 is 6.03. The van der Waals surface area contributed by atoms with Gasteiger partial charge < -0.3 is 20.2 Å². The van der Waals surface area contributed by atoms with Gasteiger partial charge in [-0.15, -0.1) is 0 Å². The second-order valence-corrected chi connectivity index (χ2v) is 11.7. The van der Waals surface area contributed by atoms with Crippen LogP contribution in [-0.2, 0) is 14.6 Å². The number of hydrogen-bond acceptors (Lipinski definition) is 6. The van der Waals surface area contributed by atoms with Crippen LogP contribution in [-0.4, -0.2) is 74.4 Å². The summed E-state index contributed by atoms with van der Waals surface area (Å²) in [4.78, 5) is 32.9. The second-order valence-electron chi connectivity index (χ2n) is 9.23. The molecule has 3 heterocycles. The molecule has 0 bridgehead atoms. The van der Waals surface area contributed by atoms with Gasteiger partial charge in [0.25, 0.3) is 0 Å². The zero-order valence-electron chi connectivity index (χ0n) is 19.4. The second kappa shape index (κ2) is 10.4. The third kappa shape index (κ3) is 6.05. The maximum atomic E-state index is 13.4. The zero-order chi connectivity index (χ0) is 25.2. The molecule has 0 spiro atoms. The molecular weight excluding hydrogens is 492 g/mol. The van der Waals surface area contributed by atoms with Crippen LogP contribution in [0.15, 0.2) is 47.5 Å². The number of halogens is 1. The average Bonchev–Trinajstić information content (AvgIpc) is 3.27. The van der Waals surface area contributed by atoms with E-state index in [1.165, 1.54) is 6.20 Å². The number of pyridine rings is 1. The summed E-state index contributed by atoms with van der Waals surface area (Å²) in [6.45, 7) is 2.63. The van der Waals surface area contributed by atoms with E-state index in [1.807, 2.05) is 29.2 Å². The van der Waals surface area contributed by atoms with Crippen LogP contribution in [0.2, 0.25) is 5.02 Å². The minimum Gasteiger partial charge on any atom is -0.465 e. The molecule has 0 aliphatic carbocycles. The SMILES string of the molecule is CS(=O)(=O)c1ccc(N2CCC(C(=O)N3C[C@H](CNC(=O)O)[C@H](c4ccc(Cl)cc4)C3)CC2)nc1. The molecule has 2 aromatic rings. The monoisotopic (exact) mass is 520 g/mol. The van der Waals surface area contributed by atoms with Crippen molar-refractivity contribution >= 4 is 39.3 Å². The molecule has 0 saturated carbocycles. The van der Waals surface area contributed by atoms with Gasteiger partial charge in [-0.05, 0) is 42.7 Å². The van der Waals surface area contributed by atoms with E-state index in [2.05, 4.69) is 15.2 Å². The molecule has 2 atom stereocenters. The van der Waals surface area contributed by atoms with E-state index in [1.54, 1.807) is 12.1 Å². The van der Waals surface area contributed by atoms with E-state index >= 15 is 0 Å². The summed E-state index contributed by atoms with van der Waals surface area (Å²) in [5.74, 6) is 0.696. The van der Waals surface area contributed by atoms with E-state index in [4.69, 9.17) is 16.7 Å². The molecule has 2 amide bonds. The molecule has 188 valence electrons. The summed E-state index contributed by atoms with van der Waals surface area (Å²) in [7, 11) is -3.29. The number of benzene rings is 1. The summed E-state index contributed by atoms with van der Waals surface area (Å²) in [5.41, 5.74) is 1.04. The molecule has 2 aliphatic heterocycles. The smallest absolute Gasteiger partial charge is 0.404 e. The Balaban J connectivity index is 1.39. The Morgan fingerprint density at radius 1 is 1.11 bits per heavy atom. The number of likely N-dealkylation sites (tertiary alicyclic amines) is 1. The van der Waals surface area contributed by atoms with Crippen molar-refractivity contribution in [3.8, 4) is 0 Å². The summed E-state index contributed by atoms with van der Waals surface area (Å²) in [5, 5.41) is 12.2. The normalized spacial score (nSPS) is 21.2. The summed E-state index contributed by atoms with van der Waals surface area (Å²) in [6.07, 6.45) is 2.80. The molecule has 2 fully saturated rings. The average molecular weight is 521 g/mol. The topological polar surface area (TPSA) is 120 Å². The van der Waals surface area contributed by atoms with Gasteiger partial charge in [-0.3, -0.25) is 4.79 Å². The van der Waals surface area contributed by atoms with Gasteiger partial charge in [0.2, 0.25) is 5.91 Å². The van der Waals surface area contributed by atoms with Crippen molar-refractivity contribution in [3.63, 3.8) is 0 Å². The lowest BCUT2D eigenvalue weighted by atomic mass is 9.89. The lowest BCUT2D eigenvalue weighted by Crippen LogP contribution is -2.42. The van der Waals surface area contributed by atoms with Crippen molar-refractivity contribution in [2.45, 2.75) is 23.7 Å². The Labute approximate surface area is 210 Å². The molecule has 0 radical (unpaired) electrons. The fourth-order valence-electron chi connectivity index (χ4n) is 4.96. The number of carbonyl (C=O) groups excluding carboxylic acids is 1. The van der Waals surface area contributed by atoms with Crippen molar-refractivity contribution in [3.05, 3.63) is 53.2 Å². The molecule has 4 rings (SSSR count). The van der Waals surface area contributed by atoms with Crippen LogP contribution >= 0.6 is 11.6 Å². The van der Waals surface area contributed by atoms with Crippen LogP contribution in [0.5, 0.6) is 0 Å². The van der Waals surface area contributed by atoms with Gasteiger partial charge in [0.05, 0.1) is 4.90 Å². The highest BCUT2D eigenvalue weighted by atomic mass is 35.5. The van der Waals surface area contributed by atoms with Gasteiger partial charge in [0.15, 0.2) is 9.84 Å². The predicted molar refractivity (Wildman–Crippen MR) is 133 cm³/mol. The van der Waals surface area contributed by atoms with Crippen molar-refractivity contribution < 1.29 is 23.1 Å². The van der Waals surface area contributed by atoms with Crippen molar-refractivity contribution in [2.75, 3.05) is 43.9 Å². The first-order valence-electron chi connectivity index (χ1n) is 11.5. The first kappa shape index (κ1) is 25.2. The van der Waals surface area contributed by atoms with E-state index < -0.39 is 15.9 Å². The summed E-state index contributed by atoms with van der Waals surface area (Å²) < 4.78 is 23.3. The standard InChI is InChI=1S/C24H29ClN4O5S/c1-35(33,34)20-6-7-22(26-13-20)28-10-8-17(9-11-28)23(30)29-14-18(12-27-24(31)32)21(15-29)16-2-4-19(25)5-3-16/h2-7,13,17-18,21,27H,8-12,14-15H2,1H3,(H,31,32)/t18-,21-/m0/s1. The van der Waals surface area contributed by atoms with Crippen LogP contribution in [0.25, 0.3) is 0 Å². The molecule has 9 nitrogen and oxygen atoms in total. The molecule has 0 unspecified atom stereocenters. The molecule has 2 N–H and O–H groups in total.